The van der Waals surface area contributed by atoms with E-state index >= 15 is 0 Å². The Morgan fingerprint density at radius 3 is 2.45 bits per heavy atom. The molecular weight excluding hydrogens is 246 g/mol. The van der Waals surface area contributed by atoms with Crippen LogP contribution in [-0.4, -0.2) is 10.8 Å². The Morgan fingerprint density at radius 2 is 1.65 bits per heavy atom. The molecule has 0 radical (unpaired) electrons. The van der Waals surface area contributed by atoms with E-state index in [9.17, 15) is 4.79 Å². The zero-order valence-electron chi connectivity index (χ0n) is 11.8. The van der Waals surface area contributed by atoms with E-state index in [2.05, 4.69) is 4.98 Å². The quantitative estimate of drug-likeness (QED) is 0.733. The minimum atomic E-state index is 0.197. The second kappa shape index (κ2) is 6.17. The van der Waals surface area contributed by atoms with Crippen molar-refractivity contribution in [3.63, 3.8) is 0 Å². The number of para-hydroxylation sites is 1. The first kappa shape index (κ1) is 13.3. The summed E-state index contributed by atoms with van der Waals surface area (Å²) in [4.78, 5) is 17.3. The van der Waals surface area contributed by atoms with Gasteiger partial charge in [0, 0.05) is 23.1 Å². The molecule has 2 nitrogen and oxygen atoms in total. The predicted molar refractivity (Wildman–Crippen MR) is 81.9 cm³/mol. The van der Waals surface area contributed by atoms with Gasteiger partial charge >= 0.3 is 0 Å². The zero-order chi connectivity index (χ0) is 13.8. The van der Waals surface area contributed by atoms with Crippen LogP contribution in [0.1, 0.15) is 55.3 Å². The van der Waals surface area contributed by atoms with Gasteiger partial charge in [-0.25, -0.2) is 0 Å². The third kappa shape index (κ3) is 2.74. The average molecular weight is 267 g/mol. The fraction of sp³-hybridized carbons (Fsp3) is 0.444. The van der Waals surface area contributed by atoms with E-state index in [1.807, 2.05) is 30.3 Å². The van der Waals surface area contributed by atoms with Gasteiger partial charge in [0.15, 0.2) is 5.78 Å². The van der Waals surface area contributed by atoms with Gasteiger partial charge in [-0.15, -0.1) is 0 Å². The molecule has 0 amide bonds. The highest BCUT2D eigenvalue weighted by Crippen LogP contribution is 2.27. The van der Waals surface area contributed by atoms with Crippen LogP contribution >= 0.6 is 0 Å². The molecule has 1 aromatic heterocycles. The number of carbonyl (C=O) groups excluding carboxylic acids is 1. The number of Topliss-reactive ketones (excluding diaryl/α,β-unsaturated/α-hetero) is 1. The number of aromatic nitrogens is 1. The van der Waals surface area contributed by atoms with Gasteiger partial charge < -0.3 is 0 Å². The molecule has 1 aromatic carbocycles. The highest BCUT2D eigenvalue weighted by Gasteiger charge is 2.22. The lowest BCUT2D eigenvalue weighted by atomic mass is 9.85. The molecule has 2 aromatic rings. The first-order chi connectivity index (χ1) is 9.86. The second-order valence-corrected chi connectivity index (χ2v) is 5.79. The van der Waals surface area contributed by atoms with E-state index in [0.29, 0.717) is 5.78 Å². The van der Waals surface area contributed by atoms with Crippen molar-refractivity contribution in [2.24, 2.45) is 5.92 Å². The van der Waals surface area contributed by atoms with Gasteiger partial charge in [0.25, 0.3) is 0 Å². The molecule has 0 bridgehead atoms. The van der Waals surface area contributed by atoms with Crippen LogP contribution in [0, 0.1) is 5.92 Å². The maximum atomic E-state index is 12.8. The number of rotatable bonds is 2. The minimum Gasteiger partial charge on any atom is -0.294 e. The Morgan fingerprint density at radius 1 is 0.950 bits per heavy atom. The van der Waals surface area contributed by atoms with Crippen molar-refractivity contribution in [2.75, 3.05) is 0 Å². The van der Waals surface area contributed by atoms with Crippen molar-refractivity contribution in [1.29, 1.82) is 0 Å². The molecule has 1 saturated carbocycles. The fourth-order valence-electron chi connectivity index (χ4n) is 3.24. The van der Waals surface area contributed by atoms with Crippen LogP contribution in [0.15, 0.2) is 36.5 Å². The maximum absolute atomic E-state index is 12.8. The average Bonchev–Trinajstić information content (AvgIpc) is 2.46. The lowest BCUT2D eigenvalue weighted by Crippen LogP contribution is -2.16. The summed E-state index contributed by atoms with van der Waals surface area (Å²) in [6, 6.07) is 9.89. The first-order valence-electron chi connectivity index (χ1n) is 7.74. The predicted octanol–water partition coefficient (Wildman–Crippen LogP) is 4.78. The molecule has 0 aliphatic heterocycles. The molecule has 0 unspecified atom stereocenters. The van der Waals surface area contributed by atoms with Crippen LogP contribution in [0.25, 0.3) is 10.9 Å². The van der Waals surface area contributed by atoms with Crippen LogP contribution in [-0.2, 0) is 0 Å². The lowest BCUT2D eigenvalue weighted by Gasteiger charge is -2.19. The summed E-state index contributed by atoms with van der Waals surface area (Å²) in [5.74, 6) is 0.499. The summed E-state index contributed by atoms with van der Waals surface area (Å²) in [6.45, 7) is 0. The van der Waals surface area contributed by atoms with Crippen LogP contribution < -0.4 is 0 Å². The molecule has 3 rings (SSSR count). The number of hydrogen-bond donors (Lipinski definition) is 0. The minimum absolute atomic E-state index is 0.197. The van der Waals surface area contributed by atoms with Crippen molar-refractivity contribution >= 4 is 16.7 Å². The molecule has 1 aliphatic carbocycles. The van der Waals surface area contributed by atoms with E-state index in [1.54, 1.807) is 6.20 Å². The Hall–Kier alpha value is -1.70. The van der Waals surface area contributed by atoms with E-state index in [0.717, 1.165) is 29.3 Å². The summed E-state index contributed by atoms with van der Waals surface area (Å²) < 4.78 is 0. The number of fused-ring (bicyclic) bond motifs is 1. The number of ketones is 1. The SMILES string of the molecule is O=C(c1cccc2cccnc12)C1CCCCCCC1. The van der Waals surface area contributed by atoms with Gasteiger partial charge in [-0.2, -0.15) is 0 Å². The van der Waals surface area contributed by atoms with Gasteiger partial charge in [0.05, 0.1) is 5.52 Å². The van der Waals surface area contributed by atoms with Gasteiger partial charge in [-0.05, 0) is 25.0 Å². The monoisotopic (exact) mass is 267 g/mol. The molecule has 1 heterocycles. The summed E-state index contributed by atoms with van der Waals surface area (Å²) in [6.07, 6.45) is 10.1. The van der Waals surface area contributed by atoms with E-state index in [1.165, 1.54) is 32.1 Å². The summed E-state index contributed by atoms with van der Waals surface area (Å²) in [5.41, 5.74) is 1.68. The van der Waals surface area contributed by atoms with Crippen molar-refractivity contribution in [2.45, 2.75) is 44.9 Å². The summed E-state index contributed by atoms with van der Waals surface area (Å²) in [5, 5.41) is 1.06. The Labute approximate surface area is 120 Å². The molecule has 0 saturated heterocycles. The third-order valence-corrected chi connectivity index (χ3v) is 4.37. The topological polar surface area (TPSA) is 30.0 Å². The molecule has 0 atom stereocenters. The second-order valence-electron chi connectivity index (χ2n) is 5.79. The molecule has 2 heteroatoms. The van der Waals surface area contributed by atoms with Crippen LogP contribution in [0.4, 0.5) is 0 Å². The first-order valence-corrected chi connectivity index (χ1v) is 7.74. The van der Waals surface area contributed by atoms with E-state index in [4.69, 9.17) is 0 Å². The molecule has 20 heavy (non-hydrogen) atoms. The number of hydrogen-bond acceptors (Lipinski definition) is 2. The molecule has 104 valence electrons. The third-order valence-electron chi connectivity index (χ3n) is 4.37. The Balaban J connectivity index is 1.91. The van der Waals surface area contributed by atoms with Crippen LogP contribution in [0.2, 0.25) is 0 Å². The Kier molecular flexibility index (Phi) is 4.10. The number of pyridine rings is 1. The van der Waals surface area contributed by atoms with Crippen LogP contribution in [0.3, 0.4) is 0 Å². The van der Waals surface area contributed by atoms with Crippen molar-refractivity contribution in [3.05, 3.63) is 42.1 Å². The van der Waals surface area contributed by atoms with Gasteiger partial charge in [-0.3, -0.25) is 9.78 Å². The van der Waals surface area contributed by atoms with E-state index in [-0.39, 0.29) is 5.92 Å². The fourth-order valence-corrected chi connectivity index (χ4v) is 3.24. The van der Waals surface area contributed by atoms with E-state index < -0.39 is 0 Å². The summed E-state index contributed by atoms with van der Waals surface area (Å²) in [7, 11) is 0. The molecule has 0 N–H and O–H groups in total. The number of carbonyl (C=O) groups is 1. The van der Waals surface area contributed by atoms with Gasteiger partial charge in [-0.1, -0.05) is 50.3 Å². The molecule has 0 spiro atoms. The largest absolute Gasteiger partial charge is 0.294 e. The van der Waals surface area contributed by atoms with Crippen molar-refractivity contribution in [3.8, 4) is 0 Å². The standard InChI is InChI=1S/C18H21NO/c20-18(15-8-4-2-1-3-5-9-15)16-12-6-10-14-11-7-13-19-17(14)16/h6-7,10-13,15H,1-5,8-9H2. The van der Waals surface area contributed by atoms with Gasteiger partial charge in [0.2, 0.25) is 0 Å². The van der Waals surface area contributed by atoms with Crippen LogP contribution in [0.5, 0.6) is 0 Å². The van der Waals surface area contributed by atoms with Crippen molar-refractivity contribution in [1.82, 2.24) is 4.98 Å². The van der Waals surface area contributed by atoms with Crippen molar-refractivity contribution < 1.29 is 4.79 Å². The molecular formula is C18H21NO. The lowest BCUT2D eigenvalue weighted by molar-refractivity contribution is 0.0900. The Bertz CT molecular complexity index is 592. The summed E-state index contributed by atoms with van der Waals surface area (Å²) >= 11 is 0. The smallest absolute Gasteiger partial charge is 0.168 e. The normalized spacial score (nSPS) is 17.6. The maximum Gasteiger partial charge on any atom is 0.168 e. The van der Waals surface area contributed by atoms with Gasteiger partial charge in [0.1, 0.15) is 0 Å². The number of benzene rings is 1. The molecule has 1 fully saturated rings. The zero-order valence-corrected chi connectivity index (χ0v) is 11.8. The highest BCUT2D eigenvalue weighted by atomic mass is 16.1. The number of nitrogens with zero attached hydrogens (tertiary/aromatic N) is 1. The highest BCUT2D eigenvalue weighted by molar-refractivity contribution is 6.07. The molecule has 1 aliphatic rings.